The second-order valence-corrected chi connectivity index (χ2v) is 6.28. The van der Waals surface area contributed by atoms with Crippen molar-refractivity contribution in [2.45, 2.75) is 25.9 Å². The molecule has 0 saturated heterocycles. The van der Waals surface area contributed by atoms with E-state index in [0.717, 1.165) is 33.6 Å². The average molecular weight is 307 g/mol. The Morgan fingerprint density at radius 2 is 1.95 bits per heavy atom. The maximum absolute atomic E-state index is 9.09. The number of rotatable bonds is 5. The van der Waals surface area contributed by atoms with Crippen molar-refractivity contribution < 1.29 is 4.74 Å². The van der Waals surface area contributed by atoms with Crippen LogP contribution in [0.25, 0.3) is 10.1 Å². The first-order chi connectivity index (χ1) is 10.8. The van der Waals surface area contributed by atoms with Gasteiger partial charge in [-0.05, 0) is 30.2 Å². The van der Waals surface area contributed by atoms with E-state index in [-0.39, 0.29) is 6.10 Å². The minimum atomic E-state index is 0.0437. The van der Waals surface area contributed by atoms with Crippen LogP contribution in [0.3, 0.4) is 0 Å². The molecule has 110 valence electrons. The van der Waals surface area contributed by atoms with E-state index in [1.165, 1.54) is 16.9 Å². The quantitative estimate of drug-likeness (QED) is 0.606. The number of hydrogen-bond donors (Lipinski definition) is 0. The van der Waals surface area contributed by atoms with E-state index in [2.05, 4.69) is 25.1 Å². The van der Waals surface area contributed by atoms with E-state index in [9.17, 15) is 0 Å². The highest BCUT2D eigenvalue weighted by Gasteiger charge is 2.15. The van der Waals surface area contributed by atoms with Gasteiger partial charge in [0.15, 0.2) is 0 Å². The van der Waals surface area contributed by atoms with E-state index >= 15 is 0 Å². The minimum Gasteiger partial charge on any atom is -0.485 e. The van der Waals surface area contributed by atoms with Crippen molar-refractivity contribution >= 4 is 21.4 Å². The summed E-state index contributed by atoms with van der Waals surface area (Å²) in [4.78, 5) is 0.720. The third kappa shape index (κ3) is 2.98. The molecule has 2 nitrogen and oxygen atoms in total. The predicted octanol–water partition coefficient (Wildman–Crippen LogP) is 5.69. The van der Waals surface area contributed by atoms with E-state index in [4.69, 9.17) is 10.00 Å². The predicted molar refractivity (Wildman–Crippen MR) is 91.3 cm³/mol. The van der Waals surface area contributed by atoms with Crippen molar-refractivity contribution in [3.05, 3.63) is 65.0 Å². The Bertz CT molecular complexity index is 801. The van der Waals surface area contributed by atoms with Gasteiger partial charge in [0.25, 0.3) is 0 Å². The van der Waals surface area contributed by atoms with Gasteiger partial charge in [0, 0.05) is 10.1 Å². The highest BCUT2D eigenvalue weighted by Crippen LogP contribution is 2.35. The first-order valence-corrected chi connectivity index (χ1v) is 8.27. The Morgan fingerprint density at radius 3 is 2.68 bits per heavy atom. The summed E-state index contributed by atoms with van der Waals surface area (Å²) in [6.07, 6.45) is 2.07. The molecular formula is C19H17NOS. The number of ether oxygens (including phenoxy) is 1. The van der Waals surface area contributed by atoms with Gasteiger partial charge in [0.1, 0.15) is 22.8 Å². The van der Waals surface area contributed by atoms with Crippen molar-refractivity contribution in [3.63, 3.8) is 0 Å². The summed E-state index contributed by atoms with van der Waals surface area (Å²) in [5, 5.41) is 10.1. The van der Waals surface area contributed by atoms with E-state index in [0.29, 0.717) is 0 Å². The summed E-state index contributed by atoms with van der Waals surface area (Å²) in [5.41, 5.74) is 1.19. The minimum absolute atomic E-state index is 0.0437. The van der Waals surface area contributed by atoms with Crippen LogP contribution in [0.1, 0.15) is 36.3 Å². The van der Waals surface area contributed by atoms with Crippen molar-refractivity contribution in [3.8, 4) is 11.8 Å². The lowest BCUT2D eigenvalue weighted by molar-refractivity contribution is 0.196. The van der Waals surface area contributed by atoms with Crippen molar-refractivity contribution in [1.82, 2.24) is 0 Å². The number of thiophene rings is 1. The van der Waals surface area contributed by atoms with Gasteiger partial charge in [-0.1, -0.05) is 49.7 Å². The zero-order chi connectivity index (χ0) is 15.4. The van der Waals surface area contributed by atoms with Crippen molar-refractivity contribution in [2.75, 3.05) is 0 Å². The van der Waals surface area contributed by atoms with Gasteiger partial charge in [0.05, 0.1) is 0 Å². The molecule has 0 spiro atoms. The average Bonchev–Trinajstić information content (AvgIpc) is 2.99. The van der Waals surface area contributed by atoms with Crippen LogP contribution >= 0.6 is 11.3 Å². The summed E-state index contributed by atoms with van der Waals surface area (Å²) in [6.45, 7) is 2.16. The molecule has 0 fully saturated rings. The zero-order valence-electron chi connectivity index (χ0n) is 12.5. The van der Waals surface area contributed by atoms with Gasteiger partial charge in [-0.15, -0.1) is 11.3 Å². The van der Waals surface area contributed by atoms with Crippen LogP contribution in [0, 0.1) is 11.3 Å². The van der Waals surface area contributed by atoms with Crippen LogP contribution in [-0.2, 0) is 0 Å². The Balaban J connectivity index is 1.96. The molecule has 1 aromatic heterocycles. The van der Waals surface area contributed by atoms with E-state index in [1.54, 1.807) is 0 Å². The lowest BCUT2D eigenvalue weighted by Crippen LogP contribution is -2.07. The smallest absolute Gasteiger partial charge is 0.128 e. The summed E-state index contributed by atoms with van der Waals surface area (Å²) in [5.74, 6) is 0.859. The third-order valence-corrected chi connectivity index (χ3v) is 4.63. The van der Waals surface area contributed by atoms with E-state index in [1.807, 2.05) is 42.5 Å². The number of benzene rings is 2. The van der Waals surface area contributed by atoms with Crippen LogP contribution in [0.15, 0.2) is 54.6 Å². The Morgan fingerprint density at radius 1 is 1.14 bits per heavy atom. The highest BCUT2D eigenvalue weighted by molar-refractivity contribution is 7.19. The SMILES string of the molecule is CCC[C@@H](Oc1cccc2sc(C#N)cc12)c1ccccc1. The number of hydrogen-bond acceptors (Lipinski definition) is 3. The van der Waals surface area contributed by atoms with Crippen LogP contribution in [-0.4, -0.2) is 0 Å². The van der Waals surface area contributed by atoms with Crippen molar-refractivity contribution in [2.24, 2.45) is 0 Å². The maximum Gasteiger partial charge on any atom is 0.128 e. The molecule has 2 aromatic carbocycles. The van der Waals surface area contributed by atoms with Crippen LogP contribution < -0.4 is 4.74 Å². The molecule has 3 heteroatoms. The summed E-state index contributed by atoms with van der Waals surface area (Å²) >= 11 is 1.51. The molecule has 3 rings (SSSR count). The number of nitriles is 1. The largest absolute Gasteiger partial charge is 0.485 e. The second-order valence-electron chi connectivity index (χ2n) is 5.20. The lowest BCUT2D eigenvalue weighted by Gasteiger charge is -2.19. The molecule has 0 saturated carbocycles. The lowest BCUT2D eigenvalue weighted by atomic mass is 10.1. The van der Waals surface area contributed by atoms with Gasteiger partial charge >= 0.3 is 0 Å². The first kappa shape index (κ1) is 14.6. The Hall–Kier alpha value is -2.31. The molecule has 0 radical (unpaired) electrons. The Labute approximate surface area is 134 Å². The molecule has 0 bridgehead atoms. The Kier molecular flexibility index (Phi) is 4.41. The van der Waals surface area contributed by atoms with Crippen LogP contribution in [0.5, 0.6) is 5.75 Å². The first-order valence-electron chi connectivity index (χ1n) is 7.46. The number of fused-ring (bicyclic) bond motifs is 1. The molecule has 22 heavy (non-hydrogen) atoms. The zero-order valence-corrected chi connectivity index (χ0v) is 13.3. The third-order valence-electron chi connectivity index (χ3n) is 3.62. The molecule has 0 amide bonds. The molecule has 0 aliphatic heterocycles. The number of nitrogens with zero attached hydrogens (tertiary/aromatic N) is 1. The molecular weight excluding hydrogens is 290 g/mol. The van der Waals surface area contributed by atoms with Gasteiger partial charge < -0.3 is 4.74 Å². The highest BCUT2D eigenvalue weighted by atomic mass is 32.1. The monoisotopic (exact) mass is 307 g/mol. The molecule has 1 heterocycles. The van der Waals surface area contributed by atoms with E-state index < -0.39 is 0 Å². The molecule has 0 unspecified atom stereocenters. The topological polar surface area (TPSA) is 33.0 Å². The fourth-order valence-corrected chi connectivity index (χ4v) is 3.44. The van der Waals surface area contributed by atoms with Gasteiger partial charge in [0.2, 0.25) is 0 Å². The summed E-state index contributed by atoms with van der Waals surface area (Å²) < 4.78 is 7.40. The fraction of sp³-hybridized carbons (Fsp3) is 0.211. The van der Waals surface area contributed by atoms with Crippen molar-refractivity contribution in [1.29, 1.82) is 5.26 Å². The molecule has 0 aliphatic carbocycles. The summed E-state index contributed by atoms with van der Waals surface area (Å²) in [6, 6.07) is 20.5. The second kappa shape index (κ2) is 6.64. The van der Waals surface area contributed by atoms with Gasteiger partial charge in [-0.2, -0.15) is 5.26 Å². The van der Waals surface area contributed by atoms with Gasteiger partial charge in [-0.25, -0.2) is 0 Å². The van der Waals surface area contributed by atoms with Crippen LogP contribution in [0.2, 0.25) is 0 Å². The maximum atomic E-state index is 9.09. The summed E-state index contributed by atoms with van der Waals surface area (Å²) in [7, 11) is 0. The standard InChI is InChI=1S/C19H17NOS/c1-2-7-17(14-8-4-3-5-9-14)21-18-10-6-11-19-16(18)12-15(13-20)22-19/h3-6,8-12,17H,2,7H2,1H3/t17-/m1/s1. The molecule has 3 aromatic rings. The molecule has 1 atom stereocenters. The molecule has 0 N–H and O–H groups in total. The molecule has 0 aliphatic rings. The fourth-order valence-electron chi connectivity index (χ4n) is 2.57. The van der Waals surface area contributed by atoms with Gasteiger partial charge in [-0.3, -0.25) is 0 Å². The normalized spacial score (nSPS) is 12.0. The van der Waals surface area contributed by atoms with Crippen LogP contribution in [0.4, 0.5) is 0 Å².